The molecule has 2 aliphatic rings. The maximum atomic E-state index is 12.8. The van der Waals surface area contributed by atoms with Gasteiger partial charge in [-0.3, -0.25) is 0 Å². The van der Waals surface area contributed by atoms with E-state index in [2.05, 4.69) is 19.2 Å². The van der Waals surface area contributed by atoms with Crippen molar-refractivity contribution in [2.24, 2.45) is 0 Å². The van der Waals surface area contributed by atoms with Crippen LogP contribution in [0.3, 0.4) is 0 Å². The molecule has 0 aromatic heterocycles. The Bertz CT molecular complexity index is 786. The van der Waals surface area contributed by atoms with Crippen molar-refractivity contribution in [2.45, 2.75) is 44.6 Å². The van der Waals surface area contributed by atoms with E-state index in [1.165, 1.54) is 52.9 Å². The lowest BCUT2D eigenvalue weighted by molar-refractivity contribution is -0.137. The van der Waals surface area contributed by atoms with Gasteiger partial charge in [-0.25, -0.2) is 0 Å². The molecule has 1 aliphatic carbocycles. The molecule has 0 saturated heterocycles. The van der Waals surface area contributed by atoms with E-state index in [1.807, 2.05) is 0 Å². The van der Waals surface area contributed by atoms with Gasteiger partial charge in [-0.15, -0.1) is 0 Å². The highest BCUT2D eigenvalue weighted by atomic mass is 28.3. The first-order valence-corrected chi connectivity index (χ1v) is 11.3. The van der Waals surface area contributed by atoms with Crippen LogP contribution in [0.15, 0.2) is 30.3 Å². The van der Waals surface area contributed by atoms with Crippen LogP contribution < -0.4 is 5.19 Å². The van der Waals surface area contributed by atoms with Gasteiger partial charge in [0.2, 0.25) is 0 Å². The van der Waals surface area contributed by atoms with E-state index >= 15 is 0 Å². The first-order chi connectivity index (χ1) is 10.8. The molecule has 4 heteroatoms. The minimum atomic E-state index is -4.27. The van der Waals surface area contributed by atoms with Crippen LogP contribution in [0.5, 0.6) is 0 Å². The van der Waals surface area contributed by atoms with Crippen molar-refractivity contribution in [3.63, 3.8) is 0 Å². The van der Waals surface area contributed by atoms with E-state index in [1.54, 1.807) is 17.7 Å². The van der Waals surface area contributed by atoms with Gasteiger partial charge in [0.25, 0.3) is 0 Å². The van der Waals surface area contributed by atoms with Crippen LogP contribution in [-0.4, -0.2) is 8.07 Å². The van der Waals surface area contributed by atoms with E-state index in [0.29, 0.717) is 0 Å². The van der Waals surface area contributed by atoms with Crippen molar-refractivity contribution >= 4 is 13.3 Å². The number of rotatable bonds is 1. The molecule has 0 saturated carbocycles. The normalized spacial score (nSPS) is 18.3. The molecule has 1 heterocycles. The topological polar surface area (TPSA) is 0 Å². The fourth-order valence-corrected chi connectivity index (χ4v) is 7.44. The molecular formula is C19H19F3Si. The SMILES string of the molecule is C[Si]1(C)Cc2c3c(cc(-c4ccc(C(F)(F)F)cc4)c21)CCC3. The molecule has 0 N–H and O–H groups in total. The minimum absolute atomic E-state index is 0.572. The van der Waals surface area contributed by atoms with E-state index < -0.39 is 19.8 Å². The first kappa shape index (κ1) is 15.0. The average molecular weight is 332 g/mol. The van der Waals surface area contributed by atoms with Gasteiger partial charge >= 0.3 is 6.18 Å². The number of halogens is 3. The second kappa shape index (κ2) is 4.73. The molecule has 2 aromatic carbocycles. The van der Waals surface area contributed by atoms with Crippen molar-refractivity contribution in [3.8, 4) is 11.1 Å². The lowest BCUT2D eigenvalue weighted by Gasteiger charge is -2.40. The van der Waals surface area contributed by atoms with Gasteiger partial charge in [0.15, 0.2) is 0 Å². The molecule has 0 atom stereocenters. The summed E-state index contributed by atoms with van der Waals surface area (Å²) in [5, 5.41) is 1.48. The molecule has 0 unspecified atom stereocenters. The predicted octanol–water partition coefficient (Wildman–Crippen LogP) is 4.87. The number of alkyl halides is 3. The molecule has 0 radical (unpaired) electrons. The van der Waals surface area contributed by atoms with Gasteiger partial charge in [-0.1, -0.05) is 31.3 Å². The molecule has 120 valence electrons. The molecule has 23 heavy (non-hydrogen) atoms. The van der Waals surface area contributed by atoms with Crippen LogP contribution in [0.1, 0.15) is 28.7 Å². The minimum Gasteiger partial charge on any atom is -0.166 e. The van der Waals surface area contributed by atoms with Crippen LogP contribution in [0.25, 0.3) is 11.1 Å². The Morgan fingerprint density at radius 2 is 1.65 bits per heavy atom. The lowest BCUT2D eigenvalue weighted by Crippen LogP contribution is -2.57. The second-order valence-electron chi connectivity index (χ2n) is 7.40. The number of fused-ring (bicyclic) bond motifs is 3. The summed E-state index contributed by atoms with van der Waals surface area (Å²) in [4.78, 5) is 0. The number of hydrogen-bond donors (Lipinski definition) is 0. The van der Waals surface area contributed by atoms with Gasteiger partial charge < -0.3 is 0 Å². The van der Waals surface area contributed by atoms with Crippen LogP contribution in [0.2, 0.25) is 13.1 Å². The molecule has 0 bridgehead atoms. The monoisotopic (exact) mass is 332 g/mol. The number of hydrogen-bond acceptors (Lipinski definition) is 0. The van der Waals surface area contributed by atoms with E-state index in [0.717, 1.165) is 12.0 Å². The van der Waals surface area contributed by atoms with Gasteiger partial charge in [0.1, 0.15) is 0 Å². The van der Waals surface area contributed by atoms with Gasteiger partial charge in [-0.05, 0) is 70.4 Å². The highest BCUT2D eigenvalue weighted by Gasteiger charge is 2.41. The summed E-state index contributed by atoms with van der Waals surface area (Å²) in [7, 11) is -1.41. The first-order valence-electron chi connectivity index (χ1n) is 8.13. The Morgan fingerprint density at radius 3 is 2.26 bits per heavy atom. The van der Waals surface area contributed by atoms with Gasteiger partial charge in [0.05, 0.1) is 13.6 Å². The molecule has 1 aliphatic heterocycles. The van der Waals surface area contributed by atoms with E-state index in [4.69, 9.17) is 0 Å². The number of aryl methyl sites for hydroxylation is 1. The fraction of sp³-hybridized carbons (Fsp3) is 0.368. The highest BCUT2D eigenvalue weighted by molar-refractivity contribution is 6.94. The zero-order valence-corrected chi connectivity index (χ0v) is 14.3. The lowest BCUT2D eigenvalue weighted by atomic mass is 9.95. The summed E-state index contributed by atoms with van der Waals surface area (Å²) in [6.07, 6.45) is -0.774. The Labute approximate surface area is 135 Å². The zero-order valence-electron chi connectivity index (χ0n) is 13.3. The fourth-order valence-electron chi connectivity index (χ4n) is 4.29. The quantitative estimate of drug-likeness (QED) is 0.654. The smallest absolute Gasteiger partial charge is 0.166 e. The average Bonchev–Trinajstić information content (AvgIpc) is 2.92. The highest BCUT2D eigenvalue weighted by Crippen LogP contribution is 2.39. The van der Waals surface area contributed by atoms with Gasteiger partial charge in [-0.2, -0.15) is 13.2 Å². The molecule has 2 aromatic rings. The Kier molecular flexibility index (Phi) is 3.08. The largest absolute Gasteiger partial charge is 0.416 e. The van der Waals surface area contributed by atoms with Crippen LogP contribution in [0, 0.1) is 0 Å². The van der Waals surface area contributed by atoms with Crippen molar-refractivity contribution in [1.82, 2.24) is 0 Å². The third-order valence-corrected chi connectivity index (χ3v) is 8.50. The van der Waals surface area contributed by atoms with Crippen LogP contribution in [0.4, 0.5) is 13.2 Å². The van der Waals surface area contributed by atoms with Crippen molar-refractivity contribution in [3.05, 3.63) is 52.6 Å². The maximum Gasteiger partial charge on any atom is 0.416 e. The van der Waals surface area contributed by atoms with Crippen molar-refractivity contribution in [2.75, 3.05) is 0 Å². The Morgan fingerprint density at radius 1 is 0.957 bits per heavy atom. The van der Waals surface area contributed by atoms with E-state index in [-0.39, 0.29) is 0 Å². The zero-order chi connectivity index (χ0) is 16.4. The number of benzene rings is 2. The van der Waals surface area contributed by atoms with Crippen LogP contribution in [-0.2, 0) is 25.1 Å². The summed E-state index contributed by atoms with van der Waals surface area (Å²) in [5.74, 6) is 0. The molecular weight excluding hydrogens is 313 g/mol. The summed E-state index contributed by atoms with van der Waals surface area (Å²) < 4.78 is 38.4. The van der Waals surface area contributed by atoms with Crippen molar-refractivity contribution < 1.29 is 13.2 Å². The maximum absolute atomic E-state index is 12.8. The molecule has 4 rings (SSSR count). The third-order valence-electron chi connectivity index (χ3n) is 5.33. The van der Waals surface area contributed by atoms with E-state index in [9.17, 15) is 13.2 Å². The second-order valence-corrected chi connectivity index (χ2v) is 12.0. The molecule has 0 nitrogen and oxygen atoms in total. The predicted molar refractivity (Wildman–Crippen MR) is 89.7 cm³/mol. The summed E-state index contributed by atoms with van der Waals surface area (Å²) >= 11 is 0. The Balaban J connectivity index is 1.85. The van der Waals surface area contributed by atoms with Crippen molar-refractivity contribution in [1.29, 1.82) is 0 Å². The summed E-state index contributed by atoms with van der Waals surface area (Å²) in [5.41, 5.74) is 6.04. The molecule has 0 amide bonds. The molecule has 0 spiro atoms. The summed E-state index contributed by atoms with van der Waals surface area (Å²) in [6.45, 7) is 4.73. The standard InChI is InChI=1S/C19H19F3Si/c1-23(2)11-17-15-5-3-4-13(15)10-16(18(17)23)12-6-8-14(9-7-12)19(20,21)22/h6-10H,3-5,11H2,1-2H3. The third kappa shape index (κ3) is 2.26. The molecule has 0 fully saturated rings. The van der Waals surface area contributed by atoms with Crippen LogP contribution >= 0.6 is 0 Å². The summed E-state index contributed by atoms with van der Waals surface area (Å²) in [6, 6.07) is 9.19. The Hall–Kier alpha value is -1.55. The van der Waals surface area contributed by atoms with Gasteiger partial charge in [0, 0.05) is 0 Å².